The molecule has 192 valence electrons. The number of fused-ring (bicyclic) bond motifs is 1. The molecular weight excluding hydrogens is 483 g/mol. The smallest absolute Gasteiger partial charge is 0.336 e. The van der Waals surface area contributed by atoms with Crippen LogP contribution in [0.2, 0.25) is 0 Å². The number of benzene rings is 2. The summed E-state index contributed by atoms with van der Waals surface area (Å²) in [6.45, 7) is 9.93. The fourth-order valence-electron chi connectivity index (χ4n) is 4.67. The van der Waals surface area contributed by atoms with Crippen molar-refractivity contribution in [2.75, 3.05) is 35.8 Å². The Balaban J connectivity index is 1.58. The van der Waals surface area contributed by atoms with E-state index in [2.05, 4.69) is 35.3 Å². The van der Waals surface area contributed by atoms with E-state index in [9.17, 15) is 22.7 Å². The highest BCUT2D eigenvalue weighted by atomic mass is 32.2. The van der Waals surface area contributed by atoms with Crippen LogP contribution in [0, 0.1) is 11.7 Å². The number of pyridine rings is 1. The maximum Gasteiger partial charge on any atom is 0.336 e. The largest absolute Gasteiger partial charge is 0.478 e. The number of sulfonamides is 1. The lowest BCUT2D eigenvalue weighted by Crippen LogP contribution is -2.50. The van der Waals surface area contributed by atoms with Crippen molar-refractivity contribution in [1.82, 2.24) is 9.88 Å². The lowest BCUT2D eigenvalue weighted by atomic mass is 10.0. The van der Waals surface area contributed by atoms with Crippen molar-refractivity contribution in [2.45, 2.75) is 38.1 Å². The van der Waals surface area contributed by atoms with Gasteiger partial charge in [-0.05, 0) is 67.8 Å². The Bertz CT molecular complexity index is 1350. The van der Waals surface area contributed by atoms with E-state index in [1.807, 2.05) is 0 Å². The molecule has 1 saturated heterocycles. The summed E-state index contributed by atoms with van der Waals surface area (Å²) in [7, 11) is -3.97. The van der Waals surface area contributed by atoms with Crippen molar-refractivity contribution in [3.8, 4) is 0 Å². The van der Waals surface area contributed by atoms with Crippen molar-refractivity contribution in [3.63, 3.8) is 0 Å². The Labute approximate surface area is 210 Å². The SMILES string of the molecule is CC(C)CC(C)N1CCN(c2cc(C(=O)O)c3cc(NS(=O)(=O)c4ccc(F)cc4)ccc3n2)CC1. The summed E-state index contributed by atoms with van der Waals surface area (Å²) in [6, 6.07) is 11.1. The van der Waals surface area contributed by atoms with Gasteiger partial charge in [0.25, 0.3) is 10.0 Å². The maximum absolute atomic E-state index is 13.2. The molecule has 0 radical (unpaired) electrons. The first-order valence-electron chi connectivity index (χ1n) is 12.0. The highest BCUT2D eigenvalue weighted by Crippen LogP contribution is 2.28. The molecule has 36 heavy (non-hydrogen) atoms. The van der Waals surface area contributed by atoms with Gasteiger partial charge in [0.1, 0.15) is 11.6 Å². The molecule has 2 aromatic carbocycles. The number of nitrogens with one attached hydrogen (secondary N) is 1. The summed E-state index contributed by atoms with van der Waals surface area (Å²) in [4.78, 5) is 21.3. The van der Waals surface area contributed by atoms with Crippen LogP contribution in [-0.4, -0.2) is 61.6 Å². The quantitative estimate of drug-likeness (QED) is 0.458. The molecule has 1 aliphatic heterocycles. The molecule has 0 saturated carbocycles. The average molecular weight is 515 g/mol. The minimum absolute atomic E-state index is 0.0495. The molecule has 0 amide bonds. The minimum Gasteiger partial charge on any atom is -0.478 e. The second-order valence-electron chi connectivity index (χ2n) is 9.63. The zero-order valence-electron chi connectivity index (χ0n) is 20.6. The Morgan fingerprint density at radius 3 is 2.33 bits per heavy atom. The van der Waals surface area contributed by atoms with E-state index in [0.717, 1.165) is 44.7 Å². The molecule has 0 aliphatic carbocycles. The molecule has 3 aromatic rings. The number of carboxylic acid groups (broad SMARTS) is 1. The lowest BCUT2D eigenvalue weighted by molar-refractivity contribution is 0.0699. The summed E-state index contributed by atoms with van der Waals surface area (Å²) >= 11 is 0. The van der Waals surface area contributed by atoms with Gasteiger partial charge in [-0.3, -0.25) is 9.62 Å². The van der Waals surface area contributed by atoms with Gasteiger partial charge in [-0.2, -0.15) is 0 Å². The second-order valence-corrected chi connectivity index (χ2v) is 11.3. The van der Waals surface area contributed by atoms with Gasteiger partial charge in [0, 0.05) is 43.3 Å². The van der Waals surface area contributed by atoms with Crippen LogP contribution in [-0.2, 0) is 10.0 Å². The van der Waals surface area contributed by atoms with Crippen LogP contribution in [0.25, 0.3) is 10.9 Å². The number of rotatable bonds is 8. The fraction of sp³-hybridized carbons (Fsp3) is 0.385. The molecule has 1 aliphatic rings. The van der Waals surface area contributed by atoms with Crippen LogP contribution in [0.3, 0.4) is 0 Å². The first kappa shape index (κ1) is 25.8. The first-order chi connectivity index (χ1) is 17.0. The van der Waals surface area contributed by atoms with Gasteiger partial charge in [0.15, 0.2) is 0 Å². The minimum atomic E-state index is -3.97. The van der Waals surface area contributed by atoms with Crippen molar-refractivity contribution in [2.24, 2.45) is 5.92 Å². The third-order valence-electron chi connectivity index (χ3n) is 6.48. The number of piperazine rings is 1. The molecule has 2 N–H and O–H groups in total. The summed E-state index contributed by atoms with van der Waals surface area (Å²) < 4.78 is 41.0. The van der Waals surface area contributed by atoms with Crippen LogP contribution in [0.5, 0.6) is 0 Å². The molecule has 10 heteroatoms. The highest BCUT2D eigenvalue weighted by molar-refractivity contribution is 7.92. The number of carbonyl (C=O) groups is 1. The molecule has 1 fully saturated rings. The molecule has 1 unspecified atom stereocenters. The molecule has 8 nitrogen and oxygen atoms in total. The van der Waals surface area contributed by atoms with E-state index in [-0.39, 0.29) is 16.1 Å². The number of anilines is 2. The van der Waals surface area contributed by atoms with Crippen molar-refractivity contribution < 1.29 is 22.7 Å². The summed E-state index contributed by atoms with van der Waals surface area (Å²) in [5, 5.41) is 10.2. The zero-order valence-corrected chi connectivity index (χ0v) is 21.4. The second kappa shape index (κ2) is 10.4. The number of aromatic carboxylic acids is 1. The maximum atomic E-state index is 13.2. The summed E-state index contributed by atoms with van der Waals surface area (Å²) in [6.07, 6.45) is 1.13. The Kier molecular flexibility index (Phi) is 7.46. The zero-order chi connectivity index (χ0) is 26.0. The van der Waals surface area contributed by atoms with Crippen molar-refractivity contribution in [1.29, 1.82) is 0 Å². The number of halogens is 1. The van der Waals surface area contributed by atoms with Gasteiger partial charge in [-0.15, -0.1) is 0 Å². The Morgan fingerprint density at radius 1 is 1.06 bits per heavy atom. The molecule has 1 atom stereocenters. The van der Waals surface area contributed by atoms with E-state index < -0.39 is 21.8 Å². The Hall–Kier alpha value is -3.24. The van der Waals surface area contributed by atoms with Crippen LogP contribution < -0.4 is 9.62 Å². The number of nitrogens with zero attached hydrogens (tertiary/aromatic N) is 3. The van der Waals surface area contributed by atoms with Crippen LogP contribution in [0.15, 0.2) is 53.4 Å². The molecule has 0 bridgehead atoms. The average Bonchev–Trinajstić information content (AvgIpc) is 2.83. The third-order valence-corrected chi connectivity index (χ3v) is 7.87. The van der Waals surface area contributed by atoms with Gasteiger partial charge in [0.05, 0.1) is 16.0 Å². The van der Waals surface area contributed by atoms with Crippen LogP contribution >= 0.6 is 0 Å². The molecular formula is C26H31FN4O4S. The third kappa shape index (κ3) is 5.76. The number of carboxylic acids is 1. The van der Waals surface area contributed by atoms with Gasteiger partial charge in [-0.1, -0.05) is 13.8 Å². The molecule has 4 rings (SSSR count). The van der Waals surface area contributed by atoms with Gasteiger partial charge < -0.3 is 10.0 Å². The summed E-state index contributed by atoms with van der Waals surface area (Å²) in [5.41, 5.74) is 0.704. The normalized spacial score (nSPS) is 15.9. The summed E-state index contributed by atoms with van der Waals surface area (Å²) in [5.74, 6) is -0.440. The molecule has 0 spiro atoms. The Morgan fingerprint density at radius 2 is 1.72 bits per heavy atom. The first-order valence-corrected chi connectivity index (χ1v) is 13.5. The standard InChI is InChI=1S/C26H31FN4O4S/c1-17(2)14-18(3)30-10-12-31(13-11-30)25-16-23(26(32)33)22-15-20(6-9-24(22)28-25)29-36(34,35)21-7-4-19(27)5-8-21/h4-9,15-18,29H,10-14H2,1-3H3,(H,32,33). The number of hydrogen-bond acceptors (Lipinski definition) is 6. The monoisotopic (exact) mass is 514 g/mol. The predicted octanol–water partition coefficient (Wildman–Crippen LogP) is 4.43. The van der Waals surface area contributed by atoms with Crippen LogP contribution in [0.1, 0.15) is 37.6 Å². The highest BCUT2D eigenvalue weighted by Gasteiger charge is 2.24. The fourth-order valence-corrected chi connectivity index (χ4v) is 5.71. The van der Waals surface area contributed by atoms with E-state index in [0.29, 0.717) is 28.7 Å². The van der Waals surface area contributed by atoms with Crippen molar-refractivity contribution in [3.05, 3.63) is 59.9 Å². The van der Waals surface area contributed by atoms with E-state index in [1.165, 1.54) is 24.3 Å². The van der Waals surface area contributed by atoms with Crippen LogP contribution in [0.4, 0.5) is 15.9 Å². The van der Waals surface area contributed by atoms with E-state index >= 15 is 0 Å². The molecule has 2 heterocycles. The van der Waals surface area contributed by atoms with E-state index in [1.54, 1.807) is 12.1 Å². The number of aromatic nitrogens is 1. The molecule has 1 aromatic heterocycles. The van der Waals surface area contributed by atoms with Gasteiger partial charge >= 0.3 is 5.97 Å². The van der Waals surface area contributed by atoms with E-state index in [4.69, 9.17) is 4.98 Å². The number of hydrogen-bond donors (Lipinski definition) is 2. The predicted molar refractivity (Wildman–Crippen MR) is 139 cm³/mol. The van der Waals surface area contributed by atoms with Crippen molar-refractivity contribution >= 4 is 38.4 Å². The van der Waals surface area contributed by atoms with Gasteiger partial charge in [-0.25, -0.2) is 22.6 Å². The topological polar surface area (TPSA) is 103 Å². The van der Waals surface area contributed by atoms with Gasteiger partial charge in [0.2, 0.25) is 0 Å². The lowest BCUT2D eigenvalue weighted by Gasteiger charge is -2.39.